The number of hydrogen-bond donors (Lipinski definition) is 2. The summed E-state index contributed by atoms with van der Waals surface area (Å²) in [7, 11) is 0. The third kappa shape index (κ3) is 5.86. The molecule has 0 spiro atoms. The van der Waals surface area contributed by atoms with Gasteiger partial charge in [-0.25, -0.2) is 4.79 Å². The van der Waals surface area contributed by atoms with Gasteiger partial charge in [0.1, 0.15) is 23.0 Å². The number of nitrogens with zero attached hydrogens (tertiary/aromatic N) is 3. The fourth-order valence-electron chi connectivity index (χ4n) is 4.18. The van der Waals surface area contributed by atoms with Crippen LogP contribution in [0.3, 0.4) is 0 Å². The van der Waals surface area contributed by atoms with E-state index in [4.69, 9.17) is 4.42 Å². The highest BCUT2D eigenvalue weighted by Gasteiger charge is 2.38. The molecular formula is C24H33N5O3. The summed E-state index contributed by atoms with van der Waals surface area (Å²) >= 11 is 0. The third-order valence-corrected chi connectivity index (χ3v) is 5.81. The lowest BCUT2D eigenvalue weighted by atomic mass is 9.85. The van der Waals surface area contributed by atoms with Gasteiger partial charge in [0, 0.05) is 13.1 Å². The quantitative estimate of drug-likeness (QED) is 0.681. The maximum atomic E-state index is 13.4. The zero-order valence-electron chi connectivity index (χ0n) is 19.4. The van der Waals surface area contributed by atoms with Gasteiger partial charge in [-0.1, -0.05) is 39.8 Å². The highest BCUT2D eigenvalue weighted by Crippen LogP contribution is 2.27. The number of hydrogen-bond acceptors (Lipinski definition) is 7. The number of likely N-dealkylation sites (tertiary alicyclic amines) is 1. The number of nitrogens with one attached hydrogen (secondary N) is 2. The number of para-hydroxylation sites is 1. The lowest BCUT2D eigenvalue weighted by molar-refractivity contribution is -0.124. The predicted molar refractivity (Wildman–Crippen MR) is 124 cm³/mol. The van der Waals surface area contributed by atoms with Crippen molar-refractivity contribution in [3.8, 4) is 6.07 Å². The van der Waals surface area contributed by atoms with Crippen LogP contribution in [0.4, 0.5) is 5.82 Å². The van der Waals surface area contributed by atoms with Crippen LogP contribution in [0.25, 0.3) is 11.0 Å². The Morgan fingerprint density at radius 3 is 2.62 bits per heavy atom. The molecule has 1 aliphatic heterocycles. The fourth-order valence-corrected chi connectivity index (χ4v) is 4.18. The topological polar surface area (TPSA) is 111 Å². The van der Waals surface area contributed by atoms with Crippen molar-refractivity contribution < 1.29 is 9.21 Å². The molecule has 2 aromatic rings. The van der Waals surface area contributed by atoms with Crippen molar-refractivity contribution in [2.24, 2.45) is 5.41 Å². The van der Waals surface area contributed by atoms with E-state index in [0.717, 1.165) is 26.1 Å². The summed E-state index contributed by atoms with van der Waals surface area (Å²) in [5.74, 6) is -0.674. The molecule has 1 aromatic heterocycles. The molecule has 0 aliphatic carbocycles. The molecule has 1 atom stereocenters. The average molecular weight is 440 g/mol. The van der Waals surface area contributed by atoms with E-state index >= 15 is 0 Å². The van der Waals surface area contributed by atoms with Gasteiger partial charge < -0.3 is 20.0 Å². The van der Waals surface area contributed by atoms with Crippen LogP contribution in [0.2, 0.25) is 0 Å². The molecule has 0 bridgehead atoms. The summed E-state index contributed by atoms with van der Waals surface area (Å²) in [6, 6.07) is 8.78. The van der Waals surface area contributed by atoms with Gasteiger partial charge >= 0.3 is 5.76 Å². The van der Waals surface area contributed by atoms with Crippen molar-refractivity contribution in [3.63, 3.8) is 0 Å². The van der Waals surface area contributed by atoms with E-state index < -0.39 is 17.3 Å². The second kappa shape index (κ2) is 9.70. The van der Waals surface area contributed by atoms with Crippen molar-refractivity contribution >= 4 is 22.7 Å². The largest absolute Gasteiger partial charge is 0.441 e. The Balaban J connectivity index is 1.84. The Morgan fingerprint density at radius 1 is 1.31 bits per heavy atom. The lowest BCUT2D eigenvalue weighted by Crippen LogP contribution is -2.57. The smallest absolute Gasteiger partial charge is 0.408 e. The van der Waals surface area contributed by atoms with Crippen LogP contribution in [0.1, 0.15) is 53.4 Å². The van der Waals surface area contributed by atoms with Crippen molar-refractivity contribution in [1.82, 2.24) is 15.2 Å². The molecular weight excluding hydrogens is 406 g/mol. The molecule has 2 N–H and O–H groups in total. The first-order valence-electron chi connectivity index (χ1n) is 11.3. The van der Waals surface area contributed by atoms with Gasteiger partial charge in [-0.15, -0.1) is 0 Å². The summed E-state index contributed by atoms with van der Waals surface area (Å²) in [5, 5.41) is 16.8. The first kappa shape index (κ1) is 23.7. The van der Waals surface area contributed by atoms with Crippen LogP contribution in [-0.4, -0.2) is 47.0 Å². The number of aromatic nitrogens is 1. The minimum absolute atomic E-state index is 0.172. The van der Waals surface area contributed by atoms with Crippen LogP contribution >= 0.6 is 0 Å². The Kier molecular flexibility index (Phi) is 7.19. The van der Waals surface area contributed by atoms with Crippen molar-refractivity contribution in [2.45, 2.75) is 65.0 Å². The number of fused-ring (bicyclic) bond motifs is 1. The molecule has 1 fully saturated rings. The molecule has 1 unspecified atom stereocenters. The van der Waals surface area contributed by atoms with Gasteiger partial charge in [0.05, 0.1) is 11.5 Å². The molecule has 1 saturated heterocycles. The standard InChI is InChI=1S/C24H33N5O3/c1-5-12-29-13-10-24(16-25,11-14-29)28-21(30)18(15-23(2,3)4)26-20-17-8-6-7-9-19(17)32-22(31)27-20/h6-9,18H,5,10-15H2,1-4H3,(H,28,30)(H,26,27,31). The van der Waals surface area contributed by atoms with E-state index in [9.17, 15) is 14.9 Å². The molecule has 1 aromatic carbocycles. The van der Waals surface area contributed by atoms with E-state index in [2.05, 4.69) is 33.5 Å². The minimum Gasteiger partial charge on any atom is -0.408 e. The van der Waals surface area contributed by atoms with Crippen molar-refractivity contribution in [1.29, 1.82) is 5.26 Å². The third-order valence-electron chi connectivity index (χ3n) is 5.81. The van der Waals surface area contributed by atoms with Crippen LogP contribution in [0.15, 0.2) is 33.5 Å². The summed E-state index contributed by atoms with van der Waals surface area (Å²) in [5.41, 5.74) is -0.652. The first-order valence-corrected chi connectivity index (χ1v) is 11.3. The molecule has 2 heterocycles. The Labute approximate surface area is 189 Å². The van der Waals surface area contributed by atoms with E-state index in [-0.39, 0.29) is 11.3 Å². The van der Waals surface area contributed by atoms with Crippen molar-refractivity contribution in [2.75, 3.05) is 25.0 Å². The summed E-state index contributed by atoms with van der Waals surface area (Å²) in [4.78, 5) is 31.7. The van der Waals surface area contributed by atoms with Gasteiger partial charge in [0.15, 0.2) is 0 Å². The second-order valence-electron chi connectivity index (χ2n) is 9.81. The molecule has 3 rings (SSSR count). The van der Waals surface area contributed by atoms with Gasteiger partial charge in [-0.05, 0) is 49.8 Å². The first-order chi connectivity index (χ1) is 15.1. The number of amides is 1. The van der Waals surface area contributed by atoms with Crippen LogP contribution in [0.5, 0.6) is 0 Å². The van der Waals surface area contributed by atoms with E-state index in [0.29, 0.717) is 36.0 Å². The number of piperidine rings is 1. The number of rotatable bonds is 7. The molecule has 32 heavy (non-hydrogen) atoms. The molecule has 172 valence electrons. The molecule has 0 radical (unpaired) electrons. The summed E-state index contributed by atoms with van der Waals surface area (Å²) < 4.78 is 5.18. The predicted octanol–water partition coefficient (Wildman–Crippen LogP) is 3.29. The number of benzene rings is 1. The maximum Gasteiger partial charge on any atom is 0.441 e. The number of nitriles is 1. The van der Waals surface area contributed by atoms with Crippen LogP contribution in [0, 0.1) is 16.7 Å². The molecule has 1 amide bonds. The SMILES string of the molecule is CCCN1CCC(C#N)(NC(=O)C(CC(C)(C)C)Nc2nc(=O)oc3ccccc23)CC1. The van der Waals surface area contributed by atoms with Gasteiger partial charge in [-0.2, -0.15) is 10.2 Å². The highest BCUT2D eigenvalue weighted by molar-refractivity contribution is 5.91. The number of anilines is 1. The fraction of sp³-hybridized carbons (Fsp3) is 0.583. The molecule has 8 nitrogen and oxygen atoms in total. The monoisotopic (exact) mass is 439 g/mol. The number of carbonyl (C=O) groups is 1. The van der Waals surface area contributed by atoms with E-state index in [1.54, 1.807) is 18.2 Å². The van der Waals surface area contributed by atoms with Crippen molar-refractivity contribution in [3.05, 3.63) is 34.8 Å². The Bertz CT molecular complexity index is 1040. The van der Waals surface area contributed by atoms with Crippen LogP contribution < -0.4 is 16.4 Å². The molecule has 8 heteroatoms. The highest BCUT2D eigenvalue weighted by atomic mass is 16.4. The zero-order chi connectivity index (χ0) is 23.4. The molecule has 1 aliphatic rings. The Hall–Kier alpha value is -2.92. The maximum absolute atomic E-state index is 13.4. The molecule has 0 saturated carbocycles. The normalized spacial score (nSPS) is 17.5. The summed E-state index contributed by atoms with van der Waals surface area (Å²) in [6.45, 7) is 10.8. The van der Waals surface area contributed by atoms with E-state index in [1.807, 2.05) is 26.8 Å². The van der Waals surface area contributed by atoms with Gasteiger partial charge in [0.25, 0.3) is 0 Å². The second-order valence-corrected chi connectivity index (χ2v) is 9.81. The Morgan fingerprint density at radius 2 is 2.00 bits per heavy atom. The van der Waals surface area contributed by atoms with Gasteiger partial charge in [-0.3, -0.25) is 4.79 Å². The van der Waals surface area contributed by atoms with Gasteiger partial charge in [0.2, 0.25) is 5.91 Å². The summed E-state index contributed by atoms with van der Waals surface area (Å²) in [6.07, 6.45) is 2.75. The lowest BCUT2D eigenvalue weighted by Gasteiger charge is -2.39. The average Bonchev–Trinajstić information content (AvgIpc) is 2.74. The zero-order valence-corrected chi connectivity index (χ0v) is 19.4. The minimum atomic E-state index is -0.885. The van der Waals surface area contributed by atoms with E-state index in [1.165, 1.54) is 0 Å². The van der Waals surface area contributed by atoms with Crippen LogP contribution in [-0.2, 0) is 4.79 Å². The number of carbonyl (C=O) groups excluding carboxylic acids is 1.